The first-order chi connectivity index (χ1) is 24.3. The summed E-state index contributed by atoms with van der Waals surface area (Å²) in [4.78, 5) is 2.47. The van der Waals surface area contributed by atoms with Crippen molar-refractivity contribution < 1.29 is 0 Å². The number of anilines is 2. The van der Waals surface area contributed by atoms with E-state index in [1.54, 1.807) is 0 Å². The van der Waals surface area contributed by atoms with E-state index in [-0.39, 0.29) is 10.8 Å². The van der Waals surface area contributed by atoms with E-state index >= 15 is 0 Å². The summed E-state index contributed by atoms with van der Waals surface area (Å²) in [5.74, 6) is 0. The zero-order chi connectivity index (χ0) is 33.8. The molecule has 0 unspecified atom stereocenters. The van der Waals surface area contributed by atoms with Gasteiger partial charge in [-0.05, 0) is 106 Å². The maximum Gasteiger partial charge on any atom is 0.0561 e. The van der Waals surface area contributed by atoms with Crippen LogP contribution in [0.2, 0.25) is 0 Å². The Hall–Kier alpha value is -5.60. The summed E-state index contributed by atoms with van der Waals surface area (Å²) in [5.41, 5.74) is 18.1. The molecule has 0 N–H and O–H groups in total. The van der Waals surface area contributed by atoms with Gasteiger partial charge < -0.3 is 9.47 Å². The van der Waals surface area contributed by atoms with Crippen molar-refractivity contribution in [2.45, 2.75) is 51.4 Å². The van der Waals surface area contributed by atoms with Crippen molar-refractivity contribution in [1.82, 2.24) is 4.57 Å². The molecule has 3 aliphatic rings. The Bertz CT molecular complexity index is 2610. The Morgan fingerprint density at radius 2 is 1.08 bits per heavy atom. The number of aromatic nitrogens is 1. The van der Waals surface area contributed by atoms with E-state index in [2.05, 4.69) is 183 Å². The van der Waals surface area contributed by atoms with Crippen molar-refractivity contribution in [2.24, 2.45) is 0 Å². The second kappa shape index (κ2) is 10.5. The fraction of sp³-hybridized carbons (Fsp3) is 0.167. The van der Waals surface area contributed by atoms with Crippen LogP contribution in [0.25, 0.3) is 49.7 Å². The fourth-order valence-corrected chi connectivity index (χ4v) is 9.25. The fourth-order valence-electron chi connectivity index (χ4n) is 9.25. The van der Waals surface area contributed by atoms with Gasteiger partial charge in [0.1, 0.15) is 0 Å². The first-order valence-corrected chi connectivity index (χ1v) is 18.0. The summed E-state index contributed by atoms with van der Waals surface area (Å²) in [7, 11) is 0. The molecule has 1 aromatic heterocycles. The summed E-state index contributed by atoms with van der Waals surface area (Å²) in [6, 6.07) is 48.0. The minimum Gasteiger partial charge on any atom is -0.311 e. The van der Waals surface area contributed by atoms with Crippen molar-refractivity contribution in [3.63, 3.8) is 0 Å². The number of fused-ring (bicyclic) bond motifs is 9. The molecule has 2 nitrogen and oxygen atoms in total. The van der Waals surface area contributed by atoms with Crippen LogP contribution in [0.15, 0.2) is 151 Å². The lowest BCUT2D eigenvalue weighted by molar-refractivity contribution is 0.660. The first-order valence-electron chi connectivity index (χ1n) is 18.0. The van der Waals surface area contributed by atoms with Gasteiger partial charge in [-0.2, -0.15) is 0 Å². The molecule has 0 fully saturated rings. The van der Waals surface area contributed by atoms with Crippen LogP contribution in [0.4, 0.5) is 11.4 Å². The molecule has 0 saturated carbocycles. The van der Waals surface area contributed by atoms with Crippen LogP contribution in [0, 0.1) is 0 Å². The molecule has 3 aliphatic carbocycles. The number of hydrogen-bond donors (Lipinski definition) is 0. The highest BCUT2D eigenvalue weighted by Gasteiger charge is 2.37. The number of nitrogens with zero attached hydrogens (tertiary/aromatic N) is 2. The van der Waals surface area contributed by atoms with E-state index in [0.717, 1.165) is 12.8 Å². The Morgan fingerprint density at radius 1 is 0.500 bits per heavy atom. The normalized spacial score (nSPS) is 16.2. The number of para-hydroxylation sites is 1. The van der Waals surface area contributed by atoms with Gasteiger partial charge in [0.15, 0.2) is 0 Å². The van der Waals surface area contributed by atoms with Crippen LogP contribution >= 0.6 is 0 Å². The van der Waals surface area contributed by atoms with Gasteiger partial charge in [-0.25, -0.2) is 0 Å². The number of allylic oxidation sites excluding steroid dienone is 3. The SMILES string of the molecule is CC1(C)c2ccccc2-c2ccc(N(C3=CCCC=C3)c3ccc4c5ccccc5n(-c5ccc6c(c5)C(C)(C)c5ccccc5-6)c4c3)cc21. The molecule has 1 heterocycles. The van der Waals surface area contributed by atoms with Crippen LogP contribution in [0.3, 0.4) is 0 Å². The van der Waals surface area contributed by atoms with Gasteiger partial charge in [0.05, 0.1) is 11.0 Å². The molecule has 50 heavy (non-hydrogen) atoms. The van der Waals surface area contributed by atoms with E-state index in [4.69, 9.17) is 0 Å². The standard InChI is InChI=1S/C48H40N2/c1-47(2)41-19-11-8-16-35(41)37-25-22-32(28-43(37)47)49(31-14-6-5-7-15-31)34-24-27-40-39-18-10-13-21-45(39)50(46(40)30-34)33-23-26-38-36-17-9-12-20-42(36)48(3,4)44(38)29-33/h6,8-30H,5,7H2,1-4H3. The Kier molecular flexibility index (Phi) is 6.13. The largest absolute Gasteiger partial charge is 0.311 e. The van der Waals surface area contributed by atoms with Gasteiger partial charge >= 0.3 is 0 Å². The summed E-state index contributed by atoms with van der Waals surface area (Å²) in [6.45, 7) is 9.47. The molecular formula is C48H40N2. The van der Waals surface area contributed by atoms with Crippen molar-refractivity contribution in [3.05, 3.63) is 174 Å². The Labute approximate surface area is 294 Å². The van der Waals surface area contributed by atoms with Crippen molar-refractivity contribution in [2.75, 3.05) is 4.90 Å². The van der Waals surface area contributed by atoms with Gasteiger partial charge in [0, 0.05) is 44.4 Å². The van der Waals surface area contributed by atoms with Crippen molar-refractivity contribution >= 4 is 33.2 Å². The van der Waals surface area contributed by atoms with Crippen LogP contribution in [0.1, 0.15) is 62.8 Å². The maximum absolute atomic E-state index is 2.49. The molecule has 0 saturated heterocycles. The van der Waals surface area contributed by atoms with Gasteiger partial charge in [0.25, 0.3) is 0 Å². The lowest BCUT2D eigenvalue weighted by Crippen LogP contribution is -2.19. The summed E-state index contributed by atoms with van der Waals surface area (Å²) in [6.07, 6.45) is 9.13. The van der Waals surface area contributed by atoms with E-state index in [1.165, 1.54) is 89.1 Å². The predicted molar refractivity (Wildman–Crippen MR) is 211 cm³/mol. The monoisotopic (exact) mass is 644 g/mol. The summed E-state index contributed by atoms with van der Waals surface area (Å²) >= 11 is 0. The van der Waals surface area contributed by atoms with Gasteiger partial charge in [-0.15, -0.1) is 0 Å². The molecular weight excluding hydrogens is 605 g/mol. The van der Waals surface area contributed by atoms with Crippen LogP contribution in [-0.4, -0.2) is 4.57 Å². The second-order valence-electron chi connectivity index (χ2n) is 15.3. The molecule has 0 spiro atoms. The van der Waals surface area contributed by atoms with Crippen molar-refractivity contribution in [1.29, 1.82) is 0 Å². The van der Waals surface area contributed by atoms with Gasteiger partial charge in [0.2, 0.25) is 0 Å². The quantitative estimate of drug-likeness (QED) is 0.185. The van der Waals surface area contributed by atoms with Gasteiger partial charge in [-0.3, -0.25) is 0 Å². The molecule has 10 rings (SSSR count). The predicted octanol–water partition coefficient (Wildman–Crippen LogP) is 12.8. The minimum absolute atomic E-state index is 0.0660. The van der Waals surface area contributed by atoms with E-state index < -0.39 is 0 Å². The Morgan fingerprint density at radius 3 is 1.80 bits per heavy atom. The minimum atomic E-state index is -0.0677. The lowest BCUT2D eigenvalue weighted by atomic mass is 9.82. The second-order valence-corrected chi connectivity index (χ2v) is 15.3. The third-order valence-electron chi connectivity index (χ3n) is 11.8. The summed E-state index contributed by atoms with van der Waals surface area (Å²) in [5, 5.41) is 2.54. The Balaban J connectivity index is 1.18. The van der Waals surface area contributed by atoms with E-state index in [0.29, 0.717) is 0 Å². The number of hydrogen-bond acceptors (Lipinski definition) is 1. The maximum atomic E-state index is 2.49. The van der Waals surface area contributed by atoms with E-state index in [1.807, 2.05) is 0 Å². The molecule has 0 atom stereocenters. The van der Waals surface area contributed by atoms with Crippen molar-refractivity contribution in [3.8, 4) is 27.9 Å². The highest BCUT2D eigenvalue weighted by atomic mass is 15.1. The van der Waals surface area contributed by atoms with Gasteiger partial charge in [-0.1, -0.05) is 125 Å². The zero-order valence-corrected chi connectivity index (χ0v) is 29.2. The molecule has 2 heteroatoms. The highest BCUT2D eigenvalue weighted by molar-refractivity contribution is 6.10. The molecule has 242 valence electrons. The van der Waals surface area contributed by atoms with E-state index in [9.17, 15) is 0 Å². The lowest BCUT2D eigenvalue weighted by Gasteiger charge is -2.30. The average molecular weight is 645 g/mol. The third-order valence-corrected chi connectivity index (χ3v) is 11.8. The molecule has 0 aliphatic heterocycles. The highest BCUT2D eigenvalue weighted by Crippen LogP contribution is 2.52. The smallest absolute Gasteiger partial charge is 0.0561 e. The number of benzene rings is 6. The molecule has 0 bridgehead atoms. The topological polar surface area (TPSA) is 8.17 Å². The third kappa shape index (κ3) is 4.02. The molecule has 6 aromatic carbocycles. The zero-order valence-electron chi connectivity index (χ0n) is 29.2. The first kappa shape index (κ1) is 29.3. The molecule has 0 amide bonds. The van der Waals surface area contributed by atoms with Crippen LogP contribution in [0.5, 0.6) is 0 Å². The average Bonchev–Trinajstić information content (AvgIpc) is 3.69. The molecule has 7 aromatic rings. The molecule has 0 radical (unpaired) electrons. The summed E-state index contributed by atoms with van der Waals surface area (Å²) < 4.78 is 2.49. The van der Waals surface area contributed by atoms with Crippen LogP contribution in [-0.2, 0) is 10.8 Å². The van der Waals surface area contributed by atoms with Crippen LogP contribution < -0.4 is 4.90 Å². The number of rotatable bonds is 4.